The molecule has 120 valence electrons. The Bertz CT molecular complexity index is 389. The predicted molar refractivity (Wildman–Crippen MR) is 94.0 cm³/mol. The Morgan fingerprint density at radius 1 is 1.10 bits per heavy atom. The summed E-state index contributed by atoms with van der Waals surface area (Å²) >= 11 is 5.96. The van der Waals surface area contributed by atoms with Gasteiger partial charge in [-0.3, -0.25) is 4.90 Å². The number of nitrogens with zero attached hydrogens (tertiary/aromatic N) is 1. The van der Waals surface area contributed by atoms with Crippen LogP contribution in [0.2, 0.25) is 5.02 Å². The number of benzene rings is 1. The van der Waals surface area contributed by atoms with Crippen LogP contribution in [0.5, 0.6) is 0 Å². The molecule has 0 aromatic heterocycles. The average Bonchev–Trinajstić information content (AvgIpc) is 2.45. The maximum Gasteiger partial charge on any atom is 0.0406 e. The second-order valence-corrected chi connectivity index (χ2v) is 6.92. The summed E-state index contributed by atoms with van der Waals surface area (Å²) in [6.45, 7) is 11.3. The van der Waals surface area contributed by atoms with E-state index in [1.807, 2.05) is 12.1 Å². The fraction of sp³-hybridized carbons (Fsp3) is 0.667. The third-order valence-corrected chi connectivity index (χ3v) is 4.44. The molecule has 1 aromatic rings. The minimum atomic E-state index is 0.417. The Hall–Kier alpha value is -0.570. The van der Waals surface area contributed by atoms with Crippen LogP contribution in [-0.4, -0.2) is 31.1 Å². The van der Waals surface area contributed by atoms with E-state index in [9.17, 15) is 0 Å². The van der Waals surface area contributed by atoms with Crippen LogP contribution in [0.3, 0.4) is 0 Å². The van der Waals surface area contributed by atoms with Gasteiger partial charge in [0.05, 0.1) is 0 Å². The molecular formula is C18H31ClN2. The summed E-state index contributed by atoms with van der Waals surface area (Å²) in [4.78, 5) is 2.45. The first-order valence-electron chi connectivity index (χ1n) is 8.10. The lowest BCUT2D eigenvalue weighted by molar-refractivity contribution is 0.186. The molecule has 0 heterocycles. The van der Waals surface area contributed by atoms with Crippen molar-refractivity contribution in [2.24, 2.45) is 5.92 Å². The molecule has 21 heavy (non-hydrogen) atoms. The molecule has 0 saturated carbocycles. The average molecular weight is 311 g/mol. The maximum absolute atomic E-state index is 5.96. The molecule has 0 spiro atoms. The highest BCUT2D eigenvalue weighted by molar-refractivity contribution is 6.30. The molecule has 0 aliphatic rings. The van der Waals surface area contributed by atoms with E-state index >= 15 is 0 Å². The quantitative estimate of drug-likeness (QED) is 0.662. The molecule has 1 N–H and O–H groups in total. The predicted octanol–water partition coefficient (Wildman–Crippen LogP) is 4.75. The molecule has 0 amide bonds. The lowest BCUT2D eigenvalue weighted by Gasteiger charge is -2.31. The zero-order valence-corrected chi connectivity index (χ0v) is 15.0. The van der Waals surface area contributed by atoms with Gasteiger partial charge in [0.25, 0.3) is 0 Å². The Balaban J connectivity index is 2.35. The van der Waals surface area contributed by atoms with Crippen molar-refractivity contribution in [2.75, 3.05) is 20.1 Å². The van der Waals surface area contributed by atoms with Crippen molar-refractivity contribution in [1.29, 1.82) is 0 Å². The second-order valence-electron chi connectivity index (χ2n) is 6.48. The van der Waals surface area contributed by atoms with Crippen molar-refractivity contribution in [3.63, 3.8) is 0 Å². The summed E-state index contributed by atoms with van der Waals surface area (Å²) in [6, 6.07) is 9.20. The molecule has 3 heteroatoms. The topological polar surface area (TPSA) is 15.3 Å². The van der Waals surface area contributed by atoms with Gasteiger partial charge in [0.2, 0.25) is 0 Å². The van der Waals surface area contributed by atoms with Gasteiger partial charge in [0, 0.05) is 17.1 Å². The van der Waals surface area contributed by atoms with Crippen LogP contribution in [-0.2, 0) is 0 Å². The minimum Gasteiger partial charge on any atom is -0.316 e. The van der Waals surface area contributed by atoms with Crippen LogP contribution < -0.4 is 5.32 Å². The van der Waals surface area contributed by atoms with E-state index < -0.39 is 0 Å². The number of nitrogens with one attached hydrogen (secondary N) is 1. The normalized spacial score (nSPS) is 14.7. The lowest BCUT2D eigenvalue weighted by Crippen LogP contribution is -2.32. The second kappa shape index (κ2) is 9.45. The van der Waals surface area contributed by atoms with Gasteiger partial charge >= 0.3 is 0 Å². The number of hydrogen-bond acceptors (Lipinski definition) is 2. The van der Waals surface area contributed by atoms with E-state index in [1.54, 1.807) is 0 Å². The fourth-order valence-corrected chi connectivity index (χ4v) is 2.60. The zero-order valence-electron chi connectivity index (χ0n) is 14.2. The highest BCUT2D eigenvalue weighted by Gasteiger charge is 2.16. The van der Waals surface area contributed by atoms with Crippen molar-refractivity contribution >= 4 is 11.6 Å². The molecule has 2 nitrogen and oxygen atoms in total. The number of rotatable bonds is 9. The third-order valence-electron chi connectivity index (χ3n) is 4.19. The summed E-state index contributed by atoms with van der Waals surface area (Å²) in [5.41, 5.74) is 1.33. The Labute approximate surface area is 135 Å². The summed E-state index contributed by atoms with van der Waals surface area (Å²) in [7, 11) is 2.21. The molecule has 2 atom stereocenters. The van der Waals surface area contributed by atoms with Gasteiger partial charge in [-0.05, 0) is 70.4 Å². The van der Waals surface area contributed by atoms with E-state index in [1.165, 1.54) is 18.4 Å². The summed E-state index contributed by atoms with van der Waals surface area (Å²) in [5, 5.41) is 4.32. The van der Waals surface area contributed by atoms with Crippen LogP contribution in [0.1, 0.15) is 52.1 Å². The molecule has 2 unspecified atom stereocenters. The molecule has 0 aliphatic carbocycles. The van der Waals surface area contributed by atoms with E-state index in [0.29, 0.717) is 12.1 Å². The van der Waals surface area contributed by atoms with Gasteiger partial charge in [0.1, 0.15) is 0 Å². The number of hydrogen-bond donors (Lipinski definition) is 1. The van der Waals surface area contributed by atoms with Gasteiger partial charge in [-0.25, -0.2) is 0 Å². The van der Waals surface area contributed by atoms with Gasteiger partial charge in [-0.15, -0.1) is 0 Å². The largest absolute Gasteiger partial charge is 0.316 e. The summed E-state index contributed by atoms with van der Waals surface area (Å²) < 4.78 is 0. The van der Waals surface area contributed by atoms with E-state index in [2.05, 4.69) is 57.1 Å². The summed E-state index contributed by atoms with van der Waals surface area (Å²) in [5.74, 6) is 0.732. The first-order valence-corrected chi connectivity index (χ1v) is 8.47. The zero-order chi connectivity index (χ0) is 15.8. The van der Waals surface area contributed by atoms with E-state index in [-0.39, 0.29) is 0 Å². The highest BCUT2D eigenvalue weighted by Crippen LogP contribution is 2.23. The van der Waals surface area contributed by atoms with Crippen molar-refractivity contribution < 1.29 is 0 Å². The van der Waals surface area contributed by atoms with Gasteiger partial charge in [-0.1, -0.05) is 37.6 Å². The van der Waals surface area contributed by atoms with Crippen LogP contribution in [0.25, 0.3) is 0 Å². The Kier molecular flexibility index (Phi) is 8.31. The standard InChI is InChI=1S/C18H31ClN2/c1-14(2)13-20-12-6-7-15(3)21(5)16(4)17-8-10-18(19)11-9-17/h8-11,14-16,20H,6-7,12-13H2,1-5H3. The molecule has 1 rings (SSSR count). The molecule has 0 radical (unpaired) electrons. The van der Waals surface area contributed by atoms with Crippen molar-refractivity contribution in [3.8, 4) is 0 Å². The molecule has 0 fully saturated rings. The minimum absolute atomic E-state index is 0.417. The Morgan fingerprint density at radius 2 is 1.71 bits per heavy atom. The van der Waals surface area contributed by atoms with Crippen LogP contribution in [0.4, 0.5) is 0 Å². The molecule has 0 saturated heterocycles. The van der Waals surface area contributed by atoms with E-state index in [4.69, 9.17) is 11.6 Å². The molecule has 0 aliphatic heterocycles. The van der Waals surface area contributed by atoms with Crippen LogP contribution in [0.15, 0.2) is 24.3 Å². The monoisotopic (exact) mass is 310 g/mol. The number of halogens is 1. The van der Waals surface area contributed by atoms with Gasteiger partial charge in [-0.2, -0.15) is 0 Å². The van der Waals surface area contributed by atoms with Crippen molar-refractivity contribution in [1.82, 2.24) is 10.2 Å². The lowest BCUT2D eigenvalue weighted by atomic mass is 10.0. The fourth-order valence-electron chi connectivity index (χ4n) is 2.48. The smallest absolute Gasteiger partial charge is 0.0406 e. The SMILES string of the molecule is CC(C)CNCCCC(C)N(C)C(C)c1ccc(Cl)cc1. The van der Waals surface area contributed by atoms with Crippen LogP contribution in [0, 0.1) is 5.92 Å². The van der Waals surface area contributed by atoms with Crippen molar-refractivity contribution in [2.45, 2.75) is 52.6 Å². The van der Waals surface area contributed by atoms with Crippen molar-refractivity contribution in [3.05, 3.63) is 34.9 Å². The Morgan fingerprint density at radius 3 is 2.29 bits per heavy atom. The summed E-state index contributed by atoms with van der Waals surface area (Å²) in [6.07, 6.45) is 2.45. The maximum atomic E-state index is 5.96. The van der Waals surface area contributed by atoms with E-state index in [0.717, 1.165) is 24.0 Å². The first-order chi connectivity index (χ1) is 9.91. The van der Waals surface area contributed by atoms with Crippen LogP contribution >= 0.6 is 11.6 Å². The molecule has 1 aromatic carbocycles. The first kappa shape index (κ1) is 18.5. The molecular weight excluding hydrogens is 280 g/mol. The molecule has 0 bridgehead atoms. The van der Waals surface area contributed by atoms with Gasteiger partial charge < -0.3 is 5.32 Å². The highest BCUT2D eigenvalue weighted by atomic mass is 35.5. The third kappa shape index (κ3) is 6.82. The van der Waals surface area contributed by atoms with Gasteiger partial charge in [0.15, 0.2) is 0 Å².